The molecule has 1 aromatic carbocycles. The summed E-state index contributed by atoms with van der Waals surface area (Å²) in [5.74, 6) is -0.234. The van der Waals surface area contributed by atoms with E-state index in [0.29, 0.717) is 28.5 Å². The van der Waals surface area contributed by atoms with Crippen LogP contribution in [0.15, 0.2) is 48.7 Å². The molecule has 4 rings (SSSR count). The zero-order valence-corrected chi connectivity index (χ0v) is 16.3. The second-order valence-electron chi connectivity index (χ2n) is 6.56. The van der Waals surface area contributed by atoms with Crippen molar-refractivity contribution < 1.29 is 18.7 Å². The molecule has 0 aliphatic carbocycles. The summed E-state index contributed by atoms with van der Waals surface area (Å²) in [6.07, 6.45) is 1.65. The SMILES string of the molecule is COc1ccc(-c2cc(C(N)=O)nc3cc(COc4ccnc(C)c4)nn23)c(F)c1. The zero-order chi connectivity index (χ0) is 21.3. The number of primary amides is 1. The predicted octanol–water partition coefficient (Wildman–Crippen LogP) is 2.93. The van der Waals surface area contributed by atoms with Crippen LogP contribution in [-0.4, -0.2) is 32.6 Å². The number of pyridine rings is 1. The number of halogens is 1. The van der Waals surface area contributed by atoms with Gasteiger partial charge in [-0.2, -0.15) is 5.10 Å². The third-order valence-corrected chi connectivity index (χ3v) is 4.44. The highest BCUT2D eigenvalue weighted by Gasteiger charge is 2.17. The maximum absolute atomic E-state index is 14.7. The van der Waals surface area contributed by atoms with E-state index in [4.69, 9.17) is 15.2 Å². The smallest absolute Gasteiger partial charge is 0.267 e. The Labute approximate surface area is 171 Å². The summed E-state index contributed by atoms with van der Waals surface area (Å²) in [7, 11) is 1.45. The van der Waals surface area contributed by atoms with E-state index in [1.54, 1.807) is 36.5 Å². The number of hydrogen-bond donors (Lipinski definition) is 1. The van der Waals surface area contributed by atoms with Crippen molar-refractivity contribution in [2.75, 3.05) is 7.11 Å². The van der Waals surface area contributed by atoms with Gasteiger partial charge in [-0.25, -0.2) is 13.9 Å². The number of nitrogens with two attached hydrogens (primary N) is 1. The lowest BCUT2D eigenvalue weighted by Crippen LogP contribution is -2.14. The molecule has 0 spiro atoms. The first kappa shape index (κ1) is 19.3. The Bertz CT molecular complexity index is 1250. The lowest BCUT2D eigenvalue weighted by molar-refractivity contribution is 0.0995. The number of methoxy groups -OCH3 is 1. The second-order valence-corrected chi connectivity index (χ2v) is 6.56. The first-order valence-electron chi connectivity index (χ1n) is 9.03. The van der Waals surface area contributed by atoms with Crippen LogP contribution in [0.5, 0.6) is 11.5 Å². The number of aromatic nitrogens is 4. The van der Waals surface area contributed by atoms with Crippen molar-refractivity contribution in [3.63, 3.8) is 0 Å². The summed E-state index contributed by atoms with van der Waals surface area (Å²) in [5.41, 5.74) is 7.71. The minimum absolute atomic E-state index is 0.00449. The molecule has 0 aliphatic heterocycles. The highest BCUT2D eigenvalue weighted by atomic mass is 19.1. The molecular formula is C21H18FN5O3. The number of benzene rings is 1. The molecule has 2 N–H and O–H groups in total. The fourth-order valence-electron chi connectivity index (χ4n) is 3.01. The van der Waals surface area contributed by atoms with Crippen molar-refractivity contribution in [1.29, 1.82) is 0 Å². The van der Waals surface area contributed by atoms with Gasteiger partial charge in [-0.1, -0.05) is 0 Å². The van der Waals surface area contributed by atoms with Crippen LogP contribution in [0.4, 0.5) is 4.39 Å². The molecule has 1 amide bonds. The molecule has 3 aromatic heterocycles. The molecule has 8 nitrogen and oxygen atoms in total. The lowest BCUT2D eigenvalue weighted by atomic mass is 10.1. The van der Waals surface area contributed by atoms with Crippen molar-refractivity contribution >= 4 is 11.6 Å². The van der Waals surface area contributed by atoms with Gasteiger partial charge >= 0.3 is 0 Å². The highest BCUT2D eigenvalue weighted by molar-refractivity contribution is 5.92. The van der Waals surface area contributed by atoms with E-state index < -0.39 is 11.7 Å². The van der Waals surface area contributed by atoms with Gasteiger partial charge in [0.25, 0.3) is 5.91 Å². The Morgan fingerprint density at radius 3 is 2.70 bits per heavy atom. The molecule has 152 valence electrons. The van der Waals surface area contributed by atoms with Gasteiger partial charge in [0.1, 0.15) is 35.3 Å². The van der Waals surface area contributed by atoms with Crippen molar-refractivity contribution in [3.8, 4) is 22.8 Å². The summed E-state index contributed by atoms with van der Waals surface area (Å²) in [6, 6.07) is 11.0. The fraction of sp³-hybridized carbons (Fsp3) is 0.143. The number of aryl methyl sites for hydroxylation is 1. The fourth-order valence-corrected chi connectivity index (χ4v) is 3.01. The number of carbonyl (C=O) groups is 1. The number of rotatable bonds is 6. The lowest BCUT2D eigenvalue weighted by Gasteiger charge is -2.09. The van der Waals surface area contributed by atoms with Crippen LogP contribution in [-0.2, 0) is 6.61 Å². The quantitative estimate of drug-likeness (QED) is 0.527. The van der Waals surface area contributed by atoms with Gasteiger partial charge in [0.05, 0.1) is 12.8 Å². The van der Waals surface area contributed by atoms with Crippen LogP contribution in [0, 0.1) is 12.7 Å². The Hall–Kier alpha value is -4.01. The van der Waals surface area contributed by atoms with E-state index in [-0.39, 0.29) is 17.9 Å². The van der Waals surface area contributed by atoms with E-state index >= 15 is 0 Å². The Morgan fingerprint density at radius 1 is 1.17 bits per heavy atom. The van der Waals surface area contributed by atoms with E-state index in [2.05, 4.69) is 15.1 Å². The standard InChI is InChI=1S/C21H18FN5O3/c1-12-7-15(5-6-24-12)30-11-13-8-20-25-18(21(23)28)10-19(27(20)26-13)16-4-3-14(29-2)9-17(16)22/h3-10H,11H2,1-2H3,(H2,23,28). The first-order chi connectivity index (χ1) is 14.4. The van der Waals surface area contributed by atoms with E-state index in [1.807, 2.05) is 6.92 Å². The Balaban J connectivity index is 1.76. The number of ether oxygens (including phenoxy) is 2. The molecule has 0 fully saturated rings. The van der Waals surface area contributed by atoms with Crippen LogP contribution in [0.3, 0.4) is 0 Å². The van der Waals surface area contributed by atoms with Crippen LogP contribution in [0.1, 0.15) is 21.9 Å². The molecule has 3 heterocycles. The monoisotopic (exact) mass is 407 g/mol. The summed E-state index contributed by atoms with van der Waals surface area (Å²) in [6.45, 7) is 2.02. The molecule has 0 unspecified atom stereocenters. The first-order valence-corrected chi connectivity index (χ1v) is 9.03. The average molecular weight is 407 g/mol. The maximum atomic E-state index is 14.7. The van der Waals surface area contributed by atoms with Gasteiger partial charge in [-0.3, -0.25) is 9.78 Å². The third-order valence-electron chi connectivity index (χ3n) is 4.44. The molecule has 0 aliphatic rings. The maximum Gasteiger partial charge on any atom is 0.267 e. The Morgan fingerprint density at radius 2 is 2.00 bits per heavy atom. The van der Waals surface area contributed by atoms with Crippen molar-refractivity contribution in [2.45, 2.75) is 13.5 Å². The van der Waals surface area contributed by atoms with E-state index in [0.717, 1.165) is 5.69 Å². The van der Waals surface area contributed by atoms with Gasteiger partial charge < -0.3 is 15.2 Å². The van der Waals surface area contributed by atoms with E-state index in [1.165, 1.54) is 23.8 Å². The highest BCUT2D eigenvalue weighted by Crippen LogP contribution is 2.27. The summed E-state index contributed by atoms with van der Waals surface area (Å²) in [4.78, 5) is 20.1. The van der Waals surface area contributed by atoms with Gasteiger partial charge in [0, 0.05) is 35.7 Å². The Kier molecular flexibility index (Phi) is 5.01. The third kappa shape index (κ3) is 3.77. The molecular weight excluding hydrogens is 389 g/mol. The molecule has 30 heavy (non-hydrogen) atoms. The second kappa shape index (κ2) is 7.78. The van der Waals surface area contributed by atoms with E-state index in [9.17, 15) is 9.18 Å². The summed E-state index contributed by atoms with van der Waals surface area (Å²) >= 11 is 0. The largest absolute Gasteiger partial charge is 0.497 e. The zero-order valence-electron chi connectivity index (χ0n) is 16.3. The van der Waals surface area contributed by atoms with Crippen molar-refractivity contribution in [3.05, 3.63) is 71.6 Å². The van der Waals surface area contributed by atoms with Crippen LogP contribution in [0.2, 0.25) is 0 Å². The van der Waals surface area contributed by atoms with Crippen LogP contribution < -0.4 is 15.2 Å². The number of carbonyl (C=O) groups excluding carboxylic acids is 1. The van der Waals surface area contributed by atoms with Crippen molar-refractivity contribution in [2.24, 2.45) is 5.73 Å². The van der Waals surface area contributed by atoms with Crippen molar-refractivity contribution in [1.82, 2.24) is 19.6 Å². The number of fused-ring (bicyclic) bond motifs is 1. The average Bonchev–Trinajstić information content (AvgIpc) is 3.14. The van der Waals surface area contributed by atoms with Gasteiger partial charge in [-0.15, -0.1) is 0 Å². The van der Waals surface area contributed by atoms with Crippen LogP contribution >= 0.6 is 0 Å². The molecule has 0 radical (unpaired) electrons. The molecule has 4 aromatic rings. The van der Waals surface area contributed by atoms with Gasteiger partial charge in [-0.05, 0) is 31.2 Å². The number of amides is 1. The molecule has 0 atom stereocenters. The summed E-state index contributed by atoms with van der Waals surface area (Å²) in [5, 5.41) is 4.47. The summed E-state index contributed by atoms with van der Waals surface area (Å²) < 4.78 is 27.0. The topological polar surface area (TPSA) is 105 Å². The molecule has 9 heteroatoms. The van der Waals surface area contributed by atoms with Gasteiger partial charge in [0.15, 0.2) is 5.65 Å². The van der Waals surface area contributed by atoms with Crippen LogP contribution in [0.25, 0.3) is 16.9 Å². The minimum Gasteiger partial charge on any atom is -0.497 e. The van der Waals surface area contributed by atoms with Gasteiger partial charge in [0.2, 0.25) is 0 Å². The molecule has 0 saturated carbocycles. The molecule has 0 bridgehead atoms. The molecule has 0 saturated heterocycles. The minimum atomic E-state index is -0.723. The number of nitrogens with zero attached hydrogens (tertiary/aromatic N) is 4. The normalized spacial score (nSPS) is 10.9. The number of hydrogen-bond acceptors (Lipinski definition) is 6. The predicted molar refractivity (Wildman–Crippen MR) is 107 cm³/mol.